The topological polar surface area (TPSA) is 104 Å². The number of ether oxygens (including phenoxy) is 3. The number of carbonyl (C=O) groups excluding carboxylic acids is 1. The quantitative estimate of drug-likeness (QED) is 0.325. The first-order valence-electron chi connectivity index (χ1n) is 15.2. The number of aromatic carboxylic acids is 1. The van der Waals surface area contributed by atoms with E-state index in [-0.39, 0.29) is 46.1 Å². The lowest BCUT2D eigenvalue weighted by molar-refractivity contribution is 0.0516. The molecule has 1 atom stereocenters. The molecule has 244 valence electrons. The molecule has 1 amide bonds. The number of carboxylic acids is 1. The van der Waals surface area contributed by atoms with Crippen molar-refractivity contribution in [2.75, 3.05) is 71.2 Å². The Bertz CT molecular complexity index is 1610. The number of morpholine rings is 1. The van der Waals surface area contributed by atoms with E-state index >= 15 is 4.39 Å². The van der Waals surface area contributed by atoms with Crippen molar-refractivity contribution in [3.8, 4) is 22.6 Å². The molecule has 3 aliphatic rings. The van der Waals surface area contributed by atoms with Gasteiger partial charge in [0.2, 0.25) is 0 Å². The Morgan fingerprint density at radius 1 is 1.09 bits per heavy atom. The van der Waals surface area contributed by atoms with Crippen molar-refractivity contribution in [1.82, 2.24) is 15.1 Å². The van der Waals surface area contributed by atoms with Gasteiger partial charge < -0.3 is 34.4 Å². The molecule has 13 heteroatoms. The molecule has 3 aliphatic heterocycles. The summed E-state index contributed by atoms with van der Waals surface area (Å²) in [5.74, 6) is -1.39. The lowest BCUT2D eigenvalue weighted by atomic mass is 9.97. The third-order valence-electron chi connectivity index (χ3n) is 8.51. The number of benzene rings is 3. The molecule has 6 rings (SSSR count). The smallest absolute Gasteiger partial charge is 0.337 e. The number of likely N-dealkylation sites (tertiary alicyclic amines) is 1. The highest BCUT2D eigenvalue weighted by atomic mass is 35.5. The Labute approximate surface area is 276 Å². The average molecular weight is 674 g/mol. The van der Waals surface area contributed by atoms with E-state index in [1.54, 1.807) is 36.4 Å². The van der Waals surface area contributed by atoms with Crippen molar-refractivity contribution in [2.24, 2.45) is 0 Å². The molecule has 2 saturated heterocycles. The first-order valence-corrected chi connectivity index (χ1v) is 16.0. The largest absolute Gasteiger partial charge is 0.489 e. The number of fused-ring (bicyclic) bond motifs is 1. The molecular weight excluding hydrogens is 638 g/mol. The number of hydrogen-bond acceptors (Lipinski definition) is 8. The standard InChI is InChI=1S/C33H35Cl2FN4O6/c1-37-6-8-38-7-5-21(18-38)46-22-13-26(34)30(27(35)14-22)32(41)40-17-20-3-2-4-23(31(20)45-19-40)24-16-29(39-9-11-44-12-10-39)25(33(42)43)15-28(24)36/h2-4,13-16,21,37H,5-12,17-19H2,1H3,(H,42,43)/t21-/m0/s1. The second-order valence-electron chi connectivity index (χ2n) is 11.5. The first kappa shape index (κ1) is 32.3. The molecule has 3 aromatic rings. The van der Waals surface area contributed by atoms with Gasteiger partial charge in [-0.05, 0) is 37.7 Å². The minimum absolute atomic E-state index is 0.00171. The molecule has 3 aromatic carbocycles. The normalized spacial score (nSPS) is 18.3. The van der Waals surface area contributed by atoms with E-state index in [4.69, 9.17) is 37.4 Å². The van der Waals surface area contributed by atoms with Crippen LogP contribution in [0.1, 0.15) is 32.7 Å². The van der Waals surface area contributed by atoms with E-state index in [1.165, 1.54) is 4.90 Å². The first-order chi connectivity index (χ1) is 22.2. The van der Waals surface area contributed by atoms with E-state index in [1.807, 2.05) is 11.9 Å². The minimum Gasteiger partial charge on any atom is -0.489 e. The molecule has 0 spiro atoms. The third-order valence-corrected chi connectivity index (χ3v) is 9.10. The van der Waals surface area contributed by atoms with Crippen LogP contribution in [0.15, 0.2) is 42.5 Å². The second kappa shape index (κ2) is 14.0. The number of halogens is 3. The summed E-state index contributed by atoms with van der Waals surface area (Å²) in [5.41, 5.74) is 1.76. The van der Waals surface area contributed by atoms with Crippen LogP contribution in [0.3, 0.4) is 0 Å². The third kappa shape index (κ3) is 6.74. The molecule has 10 nitrogen and oxygen atoms in total. The summed E-state index contributed by atoms with van der Waals surface area (Å²) in [4.78, 5) is 31.3. The lowest BCUT2D eigenvalue weighted by Crippen LogP contribution is -2.37. The van der Waals surface area contributed by atoms with E-state index in [0.29, 0.717) is 54.6 Å². The highest BCUT2D eigenvalue weighted by Gasteiger charge is 2.30. The van der Waals surface area contributed by atoms with Crippen molar-refractivity contribution in [2.45, 2.75) is 19.1 Å². The Morgan fingerprint density at radius 2 is 1.85 bits per heavy atom. The summed E-state index contributed by atoms with van der Waals surface area (Å²) >= 11 is 13.2. The van der Waals surface area contributed by atoms with Gasteiger partial charge in [-0.25, -0.2) is 9.18 Å². The van der Waals surface area contributed by atoms with Gasteiger partial charge in [-0.2, -0.15) is 0 Å². The van der Waals surface area contributed by atoms with Gasteiger partial charge in [0.1, 0.15) is 23.4 Å². The number of carbonyl (C=O) groups is 2. The highest BCUT2D eigenvalue weighted by molar-refractivity contribution is 6.39. The van der Waals surface area contributed by atoms with Gasteiger partial charge >= 0.3 is 5.97 Å². The minimum atomic E-state index is -1.21. The number of anilines is 1. The number of carboxylic acid groups (broad SMARTS) is 1. The molecule has 0 saturated carbocycles. The second-order valence-corrected chi connectivity index (χ2v) is 12.3. The molecule has 3 heterocycles. The molecule has 2 fully saturated rings. The fraction of sp³-hybridized carbons (Fsp3) is 0.394. The molecule has 0 bridgehead atoms. The lowest BCUT2D eigenvalue weighted by Gasteiger charge is -2.32. The van der Waals surface area contributed by atoms with Crippen molar-refractivity contribution < 1.29 is 33.3 Å². The van der Waals surface area contributed by atoms with Crippen molar-refractivity contribution in [1.29, 1.82) is 0 Å². The molecule has 46 heavy (non-hydrogen) atoms. The van der Waals surface area contributed by atoms with Gasteiger partial charge in [0.15, 0.2) is 6.73 Å². The van der Waals surface area contributed by atoms with Crippen molar-refractivity contribution >= 4 is 40.8 Å². The molecule has 2 N–H and O–H groups in total. The number of likely N-dealkylation sites (N-methyl/N-ethyl adjacent to an activating group) is 1. The average Bonchev–Trinajstić information content (AvgIpc) is 3.50. The van der Waals surface area contributed by atoms with E-state index < -0.39 is 17.7 Å². The summed E-state index contributed by atoms with van der Waals surface area (Å²) in [6.07, 6.45) is 0.885. The number of para-hydroxylation sites is 1. The number of nitrogens with zero attached hydrogens (tertiary/aromatic N) is 3. The molecule has 0 radical (unpaired) electrons. The predicted molar refractivity (Wildman–Crippen MR) is 173 cm³/mol. The maximum atomic E-state index is 15.5. The zero-order chi connectivity index (χ0) is 32.4. The molecule has 0 unspecified atom stereocenters. The Kier molecular flexibility index (Phi) is 9.86. The van der Waals surface area contributed by atoms with Crippen LogP contribution in [0.4, 0.5) is 10.1 Å². The Balaban J connectivity index is 1.21. The van der Waals surface area contributed by atoms with Gasteiger partial charge in [0.05, 0.1) is 46.6 Å². The van der Waals surface area contributed by atoms with Gasteiger partial charge in [0.25, 0.3) is 5.91 Å². The Hall–Kier alpha value is -3.61. The number of hydrogen-bond donors (Lipinski definition) is 2. The Morgan fingerprint density at radius 3 is 2.57 bits per heavy atom. The predicted octanol–water partition coefficient (Wildman–Crippen LogP) is 5.00. The summed E-state index contributed by atoms with van der Waals surface area (Å²) in [7, 11) is 1.93. The SMILES string of the molecule is CNCCN1CC[C@H](Oc2cc(Cl)c(C(=O)N3COc4c(cccc4-c4cc(N5CCOCC5)c(C(=O)O)cc4F)C3)c(Cl)c2)C1. The zero-order valence-corrected chi connectivity index (χ0v) is 26.9. The monoisotopic (exact) mass is 672 g/mol. The number of nitrogens with one attached hydrogen (secondary N) is 1. The summed E-state index contributed by atoms with van der Waals surface area (Å²) in [6.45, 7) is 5.49. The van der Waals surface area contributed by atoms with Crippen LogP contribution in [0.2, 0.25) is 10.0 Å². The van der Waals surface area contributed by atoms with Crippen LogP contribution in [-0.4, -0.2) is 99.1 Å². The van der Waals surface area contributed by atoms with Crippen LogP contribution in [-0.2, 0) is 11.3 Å². The van der Waals surface area contributed by atoms with Gasteiger partial charge in [-0.1, -0.05) is 41.4 Å². The molecular formula is C33H35Cl2FN4O6. The molecule has 0 aliphatic carbocycles. The van der Waals surface area contributed by atoms with Crippen molar-refractivity contribution in [3.05, 3.63) is 75.0 Å². The van der Waals surface area contributed by atoms with E-state index in [9.17, 15) is 14.7 Å². The fourth-order valence-electron chi connectivity index (χ4n) is 6.16. The molecule has 0 aromatic heterocycles. The zero-order valence-electron chi connectivity index (χ0n) is 25.4. The van der Waals surface area contributed by atoms with Crippen LogP contribution in [0.25, 0.3) is 11.1 Å². The van der Waals surface area contributed by atoms with Crippen molar-refractivity contribution in [3.63, 3.8) is 0 Å². The van der Waals surface area contributed by atoms with Gasteiger partial charge in [0, 0.05) is 56.0 Å². The van der Waals surface area contributed by atoms with Gasteiger partial charge in [-0.3, -0.25) is 9.69 Å². The summed E-state index contributed by atoms with van der Waals surface area (Å²) in [6, 6.07) is 11.1. The highest BCUT2D eigenvalue weighted by Crippen LogP contribution is 2.41. The van der Waals surface area contributed by atoms with E-state index in [0.717, 1.165) is 38.7 Å². The summed E-state index contributed by atoms with van der Waals surface area (Å²) < 4.78 is 33.1. The van der Waals surface area contributed by atoms with Crippen LogP contribution in [0, 0.1) is 5.82 Å². The number of rotatable bonds is 9. The summed E-state index contributed by atoms with van der Waals surface area (Å²) in [5, 5.41) is 13.3. The van der Waals surface area contributed by atoms with Gasteiger partial charge in [-0.15, -0.1) is 0 Å². The number of amides is 1. The van der Waals surface area contributed by atoms with Crippen LogP contribution in [0.5, 0.6) is 11.5 Å². The van der Waals surface area contributed by atoms with Crippen LogP contribution >= 0.6 is 23.2 Å². The van der Waals surface area contributed by atoms with Crippen LogP contribution < -0.4 is 19.7 Å². The van der Waals surface area contributed by atoms with E-state index in [2.05, 4.69) is 10.2 Å². The maximum Gasteiger partial charge on any atom is 0.337 e. The fourth-order valence-corrected chi connectivity index (χ4v) is 6.79. The maximum absolute atomic E-state index is 15.5.